The molecule has 1 heterocycles. The average molecular weight is 327 g/mol. The van der Waals surface area contributed by atoms with Crippen LogP contribution >= 0.6 is 0 Å². The summed E-state index contributed by atoms with van der Waals surface area (Å²) in [4.78, 5) is 15.8. The maximum absolute atomic E-state index is 12.4. The number of hydrogen-bond donors (Lipinski definition) is 3. The summed E-state index contributed by atoms with van der Waals surface area (Å²) >= 11 is 0. The highest BCUT2D eigenvalue weighted by molar-refractivity contribution is 5.85. The van der Waals surface area contributed by atoms with Crippen molar-refractivity contribution in [3.63, 3.8) is 0 Å². The molecule has 1 aliphatic rings. The third-order valence-corrected chi connectivity index (χ3v) is 5.75. The molecule has 4 N–H and O–H groups in total. The van der Waals surface area contributed by atoms with Crippen molar-refractivity contribution in [3.05, 3.63) is 35.0 Å². The largest absolute Gasteiger partial charge is 0.358 e. The molecule has 0 bridgehead atoms. The Morgan fingerprint density at radius 3 is 2.71 bits per heavy atom. The van der Waals surface area contributed by atoms with E-state index >= 15 is 0 Å². The quantitative estimate of drug-likeness (QED) is 0.783. The van der Waals surface area contributed by atoms with Crippen LogP contribution in [-0.2, 0) is 11.3 Å². The Morgan fingerprint density at radius 1 is 1.25 bits per heavy atom. The summed E-state index contributed by atoms with van der Waals surface area (Å²) in [5.41, 5.74) is 10.8. The number of benzene rings is 1. The van der Waals surface area contributed by atoms with Crippen molar-refractivity contribution in [2.75, 3.05) is 6.54 Å². The van der Waals surface area contributed by atoms with E-state index in [1.54, 1.807) is 0 Å². The number of fused-ring (bicyclic) bond motifs is 1. The fraction of sp³-hybridized carbons (Fsp3) is 0.550. The van der Waals surface area contributed by atoms with Crippen molar-refractivity contribution < 1.29 is 4.79 Å². The zero-order valence-corrected chi connectivity index (χ0v) is 14.9. The Balaban J connectivity index is 1.62. The molecule has 1 saturated carbocycles. The number of carbonyl (C=O) groups is 1. The van der Waals surface area contributed by atoms with Crippen LogP contribution in [0.15, 0.2) is 18.2 Å². The predicted molar refractivity (Wildman–Crippen MR) is 98.8 cm³/mol. The number of H-pyrrole nitrogens is 1. The second-order valence-corrected chi connectivity index (χ2v) is 7.47. The van der Waals surface area contributed by atoms with Gasteiger partial charge in [-0.15, -0.1) is 0 Å². The lowest BCUT2D eigenvalue weighted by Gasteiger charge is -2.35. The average Bonchev–Trinajstić information content (AvgIpc) is 2.88. The highest BCUT2D eigenvalue weighted by Gasteiger charge is 2.32. The molecule has 4 nitrogen and oxygen atoms in total. The van der Waals surface area contributed by atoms with Gasteiger partial charge in [0.05, 0.1) is 0 Å². The molecule has 0 spiro atoms. The predicted octanol–water partition coefficient (Wildman–Crippen LogP) is 3.70. The number of nitrogens with two attached hydrogens (primary N) is 1. The number of aryl methyl sites for hydroxylation is 2. The fourth-order valence-electron chi connectivity index (χ4n) is 3.98. The standard InChI is InChI=1S/C20H29N3O/c1-14-15(2)23-18-7-6-16(10-17(14)18)12-22-19(24)11-20(13-21)8-4-3-5-9-20/h6-7,10,23H,3-5,8-9,11-13,21H2,1-2H3,(H,22,24). The topological polar surface area (TPSA) is 70.9 Å². The highest BCUT2D eigenvalue weighted by atomic mass is 16.1. The molecule has 1 aliphatic carbocycles. The minimum Gasteiger partial charge on any atom is -0.358 e. The van der Waals surface area contributed by atoms with Crippen LogP contribution in [0.2, 0.25) is 0 Å². The monoisotopic (exact) mass is 327 g/mol. The second kappa shape index (κ2) is 6.98. The first kappa shape index (κ1) is 17.0. The van der Waals surface area contributed by atoms with Crippen molar-refractivity contribution in [3.8, 4) is 0 Å². The third kappa shape index (κ3) is 3.48. The molecular formula is C20H29N3O. The van der Waals surface area contributed by atoms with Crippen molar-refractivity contribution in [1.82, 2.24) is 10.3 Å². The van der Waals surface area contributed by atoms with E-state index in [0.29, 0.717) is 19.5 Å². The van der Waals surface area contributed by atoms with E-state index in [0.717, 1.165) is 23.9 Å². The summed E-state index contributed by atoms with van der Waals surface area (Å²) in [6.45, 7) is 5.42. The minimum atomic E-state index is 0.0284. The molecule has 1 amide bonds. The maximum Gasteiger partial charge on any atom is 0.220 e. The van der Waals surface area contributed by atoms with E-state index in [4.69, 9.17) is 5.73 Å². The Morgan fingerprint density at radius 2 is 2.00 bits per heavy atom. The lowest BCUT2D eigenvalue weighted by molar-refractivity contribution is -0.124. The lowest BCUT2D eigenvalue weighted by Crippen LogP contribution is -2.38. The number of rotatable bonds is 5. The third-order valence-electron chi connectivity index (χ3n) is 5.75. The molecule has 2 aromatic rings. The molecule has 0 radical (unpaired) electrons. The van der Waals surface area contributed by atoms with Gasteiger partial charge in [-0.2, -0.15) is 0 Å². The summed E-state index contributed by atoms with van der Waals surface area (Å²) in [6.07, 6.45) is 6.42. The van der Waals surface area contributed by atoms with Crippen LogP contribution < -0.4 is 11.1 Å². The van der Waals surface area contributed by atoms with Crippen LogP contribution in [0.5, 0.6) is 0 Å². The van der Waals surface area contributed by atoms with Gasteiger partial charge in [0.1, 0.15) is 0 Å². The summed E-state index contributed by atoms with van der Waals surface area (Å²) in [5, 5.41) is 4.33. The van der Waals surface area contributed by atoms with Gasteiger partial charge >= 0.3 is 0 Å². The Labute approximate surface area is 144 Å². The van der Waals surface area contributed by atoms with Gasteiger partial charge < -0.3 is 16.0 Å². The second-order valence-electron chi connectivity index (χ2n) is 7.47. The first-order chi connectivity index (χ1) is 11.5. The number of aromatic amines is 1. The molecule has 1 fully saturated rings. The van der Waals surface area contributed by atoms with Crippen molar-refractivity contribution in [2.24, 2.45) is 11.1 Å². The van der Waals surface area contributed by atoms with Crippen molar-refractivity contribution in [1.29, 1.82) is 0 Å². The Hall–Kier alpha value is -1.81. The summed E-state index contributed by atoms with van der Waals surface area (Å²) < 4.78 is 0. The number of hydrogen-bond acceptors (Lipinski definition) is 2. The van der Waals surface area contributed by atoms with Gasteiger partial charge in [0.25, 0.3) is 0 Å². The van der Waals surface area contributed by atoms with Crippen LogP contribution in [0.3, 0.4) is 0 Å². The van der Waals surface area contributed by atoms with E-state index < -0.39 is 0 Å². The molecule has 0 saturated heterocycles. The Bertz CT molecular complexity index is 726. The summed E-state index contributed by atoms with van der Waals surface area (Å²) in [7, 11) is 0. The first-order valence-electron chi connectivity index (χ1n) is 9.08. The zero-order chi connectivity index (χ0) is 17.2. The molecule has 130 valence electrons. The molecule has 1 aromatic carbocycles. The number of carbonyl (C=O) groups excluding carboxylic acids is 1. The molecule has 1 aromatic heterocycles. The van der Waals surface area contributed by atoms with Gasteiger partial charge in [0, 0.05) is 29.6 Å². The van der Waals surface area contributed by atoms with Crippen molar-refractivity contribution >= 4 is 16.8 Å². The van der Waals surface area contributed by atoms with Gasteiger partial charge in [-0.1, -0.05) is 25.3 Å². The number of amides is 1. The van der Waals surface area contributed by atoms with E-state index in [1.807, 2.05) is 0 Å². The van der Waals surface area contributed by atoms with Gasteiger partial charge in [-0.05, 0) is 61.9 Å². The number of aromatic nitrogens is 1. The molecule has 24 heavy (non-hydrogen) atoms. The fourth-order valence-corrected chi connectivity index (χ4v) is 3.98. The van der Waals surface area contributed by atoms with E-state index in [9.17, 15) is 4.79 Å². The maximum atomic E-state index is 12.4. The van der Waals surface area contributed by atoms with Gasteiger partial charge in [0.15, 0.2) is 0 Å². The minimum absolute atomic E-state index is 0.0284. The van der Waals surface area contributed by atoms with E-state index in [-0.39, 0.29) is 11.3 Å². The van der Waals surface area contributed by atoms with Gasteiger partial charge in [0.2, 0.25) is 5.91 Å². The van der Waals surface area contributed by atoms with Gasteiger partial charge in [-0.25, -0.2) is 0 Å². The van der Waals surface area contributed by atoms with Crippen LogP contribution in [0.25, 0.3) is 10.9 Å². The lowest BCUT2D eigenvalue weighted by atomic mass is 9.71. The summed E-state index contributed by atoms with van der Waals surface area (Å²) in [6, 6.07) is 6.35. The molecule has 4 heteroatoms. The molecule has 0 atom stereocenters. The molecular weight excluding hydrogens is 298 g/mol. The first-order valence-corrected chi connectivity index (χ1v) is 9.08. The molecule has 0 aliphatic heterocycles. The Kier molecular flexibility index (Phi) is 4.95. The molecule has 0 unspecified atom stereocenters. The van der Waals surface area contributed by atoms with Gasteiger partial charge in [-0.3, -0.25) is 4.79 Å². The smallest absolute Gasteiger partial charge is 0.220 e. The van der Waals surface area contributed by atoms with Crippen LogP contribution in [-0.4, -0.2) is 17.4 Å². The molecule has 3 rings (SSSR count). The van der Waals surface area contributed by atoms with Crippen LogP contribution in [0.1, 0.15) is 55.3 Å². The van der Waals surface area contributed by atoms with Crippen molar-refractivity contribution in [2.45, 2.75) is 58.9 Å². The van der Waals surface area contributed by atoms with E-state index in [1.165, 1.54) is 35.9 Å². The highest BCUT2D eigenvalue weighted by Crippen LogP contribution is 2.38. The van der Waals surface area contributed by atoms with E-state index in [2.05, 4.69) is 42.3 Å². The number of nitrogens with one attached hydrogen (secondary N) is 2. The SMILES string of the molecule is Cc1[nH]c2ccc(CNC(=O)CC3(CN)CCCCC3)cc2c1C. The van der Waals surface area contributed by atoms with Crippen LogP contribution in [0, 0.1) is 19.3 Å². The normalized spacial score (nSPS) is 17.1. The summed E-state index contributed by atoms with van der Waals surface area (Å²) in [5.74, 6) is 0.129. The zero-order valence-electron chi connectivity index (χ0n) is 14.9. The van der Waals surface area contributed by atoms with Crippen LogP contribution in [0.4, 0.5) is 0 Å².